The molecule has 4 heteroatoms. The molecule has 1 unspecified atom stereocenters. The maximum Gasteiger partial charge on any atom is 0.410 e. The van der Waals surface area contributed by atoms with Crippen molar-refractivity contribution >= 4 is 17.7 Å². The van der Waals surface area contributed by atoms with Crippen LogP contribution in [0.2, 0.25) is 0 Å². The van der Waals surface area contributed by atoms with Crippen molar-refractivity contribution in [3.05, 3.63) is 0 Å². The standard InChI is InChI=1S/C8H16ClNO2/c1-4-6-7(9)10(3)8(11)12-5-2/h7H,4-6H2,1-3H3. The molecule has 0 aromatic rings. The van der Waals surface area contributed by atoms with Crippen LogP contribution in [0.25, 0.3) is 0 Å². The molecule has 0 spiro atoms. The Kier molecular flexibility index (Phi) is 5.89. The Bertz CT molecular complexity index is 141. The van der Waals surface area contributed by atoms with Gasteiger partial charge in [0.25, 0.3) is 0 Å². The maximum absolute atomic E-state index is 11.1. The summed E-state index contributed by atoms with van der Waals surface area (Å²) < 4.78 is 4.77. The Morgan fingerprint density at radius 3 is 2.58 bits per heavy atom. The van der Waals surface area contributed by atoms with Crippen molar-refractivity contribution in [2.45, 2.75) is 32.2 Å². The van der Waals surface area contributed by atoms with Crippen molar-refractivity contribution in [1.82, 2.24) is 4.90 Å². The van der Waals surface area contributed by atoms with Crippen molar-refractivity contribution in [1.29, 1.82) is 0 Å². The summed E-state index contributed by atoms with van der Waals surface area (Å²) >= 11 is 5.89. The van der Waals surface area contributed by atoms with Crippen molar-refractivity contribution in [3.63, 3.8) is 0 Å². The molecule has 0 fully saturated rings. The summed E-state index contributed by atoms with van der Waals surface area (Å²) in [6.07, 6.45) is 1.39. The van der Waals surface area contributed by atoms with Gasteiger partial charge in [0.15, 0.2) is 0 Å². The molecule has 0 N–H and O–H groups in total. The summed E-state index contributed by atoms with van der Waals surface area (Å²) in [7, 11) is 1.64. The molecule has 0 heterocycles. The van der Waals surface area contributed by atoms with Gasteiger partial charge in [-0.2, -0.15) is 0 Å². The zero-order chi connectivity index (χ0) is 9.56. The van der Waals surface area contributed by atoms with Gasteiger partial charge in [0, 0.05) is 7.05 Å². The highest BCUT2D eigenvalue weighted by Gasteiger charge is 2.16. The molecule has 0 aliphatic heterocycles. The first kappa shape index (κ1) is 11.6. The normalized spacial score (nSPS) is 12.3. The smallest absolute Gasteiger partial charge is 0.410 e. The van der Waals surface area contributed by atoms with Gasteiger partial charge in [-0.15, -0.1) is 0 Å². The van der Waals surface area contributed by atoms with E-state index in [1.165, 1.54) is 4.90 Å². The Morgan fingerprint density at radius 1 is 1.58 bits per heavy atom. The third-order valence-corrected chi connectivity index (χ3v) is 2.01. The van der Waals surface area contributed by atoms with Gasteiger partial charge < -0.3 is 4.74 Å². The molecule has 0 aromatic carbocycles. The monoisotopic (exact) mass is 193 g/mol. The van der Waals surface area contributed by atoms with E-state index < -0.39 is 0 Å². The van der Waals surface area contributed by atoms with Crippen molar-refractivity contribution in [2.75, 3.05) is 13.7 Å². The van der Waals surface area contributed by atoms with E-state index in [0.717, 1.165) is 12.8 Å². The van der Waals surface area contributed by atoms with E-state index in [4.69, 9.17) is 16.3 Å². The third-order valence-electron chi connectivity index (χ3n) is 1.50. The van der Waals surface area contributed by atoms with Gasteiger partial charge in [-0.1, -0.05) is 24.9 Å². The van der Waals surface area contributed by atoms with Crippen LogP contribution in [0.1, 0.15) is 26.7 Å². The van der Waals surface area contributed by atoms with Crippen molar-refractivity contribution < 1.29 is 9.53 Å². The Labute approximate surface area is 78.6 Å². The molecule has 0 bridgehead atoms. The van der Waals surface area contributed by atoms with Crippen LogP contribution in [0.4, 0.5) is 4.79 Å². The summed E-state index contributed by atoms with van der Waals surface area (Å²) in [4.78, 5) is 12.5. The molecule has 0 radical (unpaired) electrons. The van der Waals surface area contributed by atoms with E-state index in [1.807, 2.05) is 6.92 Å². The minimum Gasteiger partial charge on any atom is -0.450 e. The number of alkyl halides is 1. The summed E-state index contributed by atoms with van der Waals surface area (Å²) in [5.74, 6) is 0. The van der Waals surface area contributed by atoms with Crippen LogP contribution in [0.15, 0.2) is 0 Å². The predicted octanol–water partition coefficient (Wildman–Crippen LogP) is 2.44. The van der Waals surface area contributed by atoms with Crippen molar-refractivity contribution in [3.8, 4) is 0 Å². The number of carbonyl (C=O) groups excluding carboxylic acids is 1. The molecule has 0 aliphatic rings. The predicted molar refractivity (Wildman–Crippen MR) is 49.3 cm³/mol. The minimum absolute atomic E-state index is 0.256. The van der Waals surface area contributed by atoms with Crippen LogP contribution >= 0.6 is 11.6 Å². The number of nitrogens with zero attached hydrogens (tertiary/aromatic N) is 1. The van der Waals surface area contributed by atoms with Gasteiger partial charge in [-0.05, 0) is 13.3 Å². The first-order chi connectivity index (χ1) is 5.63. The quantitative estimate of drug-likeness (QED) is 0.507. The second-order valence-corrected chi connectivity index (χ2v) is 3.04. The molecule has 0 saturated carbocycles. The lowest BCUT2D eigenvalue weighted by atomic mass is 10.3. The van der Waals surface area contributed by atoms with Crippen LogP contribution in [-0.2, 0) is 4.74 Å². The number of rotatable bonds is 4. The molecule has 3 nitrogen and oxygen atoms in total. The second kappa shape index (κ2) is 6.12. The molecule has 12 heavy (non-hydrogen) atoms. The molecular weight excluding hydrogens is 178 g/mol. The van der Waals surface area contributed by atoms with Crippen LogP contribution in [-0.4, -0.2) is 30.1 Å². The molecule has 0 rings (SSSR count). The second-order valence-electron chi connectivity index (χ2n) is 2.53. The average molecular weight is 194 g/mol. The van der Waals surface area contributed by atoms with Gasteiger partial charge >= 0.3 is 6.09 Å². The van der Waals surface area contributed by atoms with E-state index in [1.54, 1.807) is 14.0 Å². The Morgan fingerprint density at radius 2 is 2.17 bits per heavy atom. The van der Waals surface area contributed by atoms with Gasteiger partial charge in [0.1, 0.15) is 5.50 Å². The highest BCUT2D eigenvalue weighted by Crippen LogP contribution is 2.10. The molecule has 0 aliphatic carbocycles. The summed E-state index contributed by atoms with van der Waals surface area (Å²) in [6.45, 7) is 4.18. The maximum atomic E-state index is 11.1. The number of halogens is 1. The van der Waals surface area contributed by atoms with Crippen LogP contribution in [0.5, 0.6) is 0 Å². The highest BCUT2D eigenvalue weighted by atomic mass is 35.5. The summed E-state index contributed by atoms with van der Waals surface area (Å²) in [5, 5.41) is 0. The van der Waals surface area contributed by atoms with Gasteiger partial charge in [-0.25, -0.2) is 4.79 Å². The fraction of sp³-hybridized carbons (Fsp3) is 0.875. The lowest BCUT2D eigenvalue weighted by Crippen LogP contribution is -2.33. The summed E-state index contributed by atoms with van der Waals surface area (Å²) in [5.41, 5.74) is -0.256. The molecular formula is C8H16ClNO2. The molecule has 0 saturated heterocycles. The highest BCUT2D eigenvalue weighted by molar-refractivity contribution is 6.21. The number of hydrogen-bond acceptors (Lipinski definition) is 2. The number of carbonyl (C=O) groups is 1. The van der Waals surface area contributed by atoms with E-state index in [2.05, 4.69) is 0 Å². The van der Waals surface area contributed by atoms with E-state index in [-0.39, 0.29) is 11.6 Å². The van der Waals surface area contributed by atoms with Crippen LogP contribution < -0.4 is 0 Å². The first-order valence-corrected chi connectivity index (χ1v) is 4.60. The fourth-order valence-corrected chi connectivity index (χ4v) is 1.07. The Hall–Kier alpha value is -0.440. The first-order valence-electron chi connectivity index (χ1n) is 4.17. The van der Waals surface area contributed by atoms with Crippen LogP contribution in [0.3, 0.4) is 0 Å². The van der Waals surface area contributed by atoms with Gasteiger partial charge in [-0.3, -0.25) is 4.90 Å². The van der Waals surface area contributed by atoms with E-state index in [9.17, 15) is 4.79 Å². The molecule has 72 valence electrons. The van der Waals surface area contributed by atoms with Gasteiger partial charge in [0.05, 0.1) is 6.61 Å². The lowest BCUT2D eigenvalue weighted by Gasteiger charge is -2.21. The SMILES string of the molecule is CCCC(Cl)N(C)C(=O)OCC. The minimum atomic E-state index is -0.356. The van der Waals surface area contributed by atoms with E-state index >= 15 is 0 Å². The lowest BCUT2D eigenvalue weighted by molar-refractivity contribution is 0.111. The third kappa shape index (κ3) is 3.81. The molecule has 0 aromatic heterocycles. The largest absolute Gasteiger partial charge is 0.450 e. The number of amides is 1. The molecule has 1 amide bonds. The number of ether oxygens (including phenoxy) is 1. The zero-order valence-corrected chi connectivity index (χ0v) is 8.60. The van der Waals surface area contributed by atoms with Gasteiger partial charge in [0.2, 0.25) is 0 Å². The van der Waals surface area contributed by atoms with Crippen LogP contribution in [0, 0.1) is 0 Å². The molecule has 1 atom stereocenters. The number of hydrogen-bond donors (Lipinski definition) is 0. The zero-order valence-electron chi connectivity index (χ0n) is 7.84. The summed E-state index contributed by atoms with van der Waals surface area (Å²) in [6, 6.07) is 0. The Balaban J connectivity index is 3.82. The topological polar surface area (TPSA) is 29.5 Å². The van der Waals surface area contributed by atoms with E-state index in [0.29, 0.717) is 6.61 Å². The average Bonchev–Trinajstić information content (AvgIpc) is 2.04. The van der Waals surface area contributed by atoms with Crippen molar-refractivity contribution in [2.24, 2.45) is 0 Å². The fourth-order valence-electron chi connectivity index (χ4n) is 0.772.